The second-order valence-corrected chi connectivity index (χ2v) is 8.34. The minimum atomic E-state index is -3.28. The number of hydrogen-bond donors (Lipinski definition) is 0. The van der Waals surface area contributed by atoms with E-state index in [1.807, 2.05) is 48.5 Å². The average molecular weight is 359 g/mol. The van der Waals surface area contributed by atoms with Crippen molar-refractivity contribution in [2.45, 2.75) is 11.7 Å². The Morgan fingerprint density at radius 1 is 1.00 bits per heavy atom. The third-order valence-corrected chi connectivity index (χ3v) is 6.50. The maximum Gasteiger partial charge on any atom is 0.260 e. The summed E-state index contributed by atoms with van der Waals surface area (Å²) >= 11 is 0. The lowest BCUT2D eigenvalue weighted by Gasteiger charge is -2.20. The predicted octanol–water partition coefficient (Wildman–Crippen LogP) is 2.45. The lowest BCUT2D eigenvalue weighted by atomic mass is 10.1. The van der Waals surface area contributed by atoms with Crippen LogP contribution in [0, 0.1) is 0 Å². The van der Waals surface area contributed by atoms with Crippen LogP contribution in [0.2, 0.25) is 0 Å². The van der Waals surface area contributed by atoms with Gasteiger partial charge >= 0.3 is 0 Å². The van der Waals surface area contributed by atoms with Gasteiger partial charge in [-0.15, -0.1) is 0 Å². The number of hydrogen-bond acceptors (Lipinski definition) is 4. The van der Waals surface area contributed by atoms with Crippen molar-refractivity contribution in [1.29, 1.82) is 0 Å². The molecule has 25 heavy (non-hydrogen) atoms. The fourth-order valence-corrected chi connectivity index (χ4v) is 4.78. The SMILES string of the molecule is O=C(COc1ccccc1)N1CCC(c2ccccc2)S(=O)(=O)CC1. The Kier molecular flexibility index (Phi) is 5.38. The van der Waals surface area contributed by atoms with E-state index in [0.29, 0.717) is 18.7 Å². The first-order chi connectivity index (χ1) is 12.1. The van der Waals surface area contributed by atoms with Crippen molar-refractivity contribution in [1.82, 2.24) is 4.90 Å². The van der Waals surface area contributed by atoms with Crippen LogP contribution in [0.3, 0.4) is 0 Å². The number of rotatable bonds is 4. The van der Waals surface area contributed by atoms with Crippen molar-refractivity contribution in [3.05, 3.63) is 66.2 Å². The number of sulfone groups is 1. The summed E-state index contributed by atoms with van der Waals surface area (Å²) < 4.78 is 30.6. The topological polar surface area (TPSA) is 63.7 Å². The van der Waals surface area contributed by atoms with Gasteiger partial charge in [-0.05, 0) is 24.1 Å². The van der Waals surface area contributed by atoms with Crippen LogP contribution in [-0.4, -0.2) is 44.7 Å². The quantitative estimate of drug-likeness (QED) is 0.841. The van der Waals surface area contributed by atoms with Gasteiger partial charge in [0.25, 0.3) is 5.91 Å². The number of benzene rings is 2. The van der Waals surface area contributed by atoms with Crippen molar-refractivity contribution in [2.75, 3.05) is 25.4 Å². The molecular formula is C19H21NO4S. The van der Waals surface area contributed by atoms with Crippen LogP contribution in [0.4, 0.5) is 0 Å². The van der Waals surface area contributed by atoms with Crippen LogP contribution < -0.4 is 4.74 Å². The lowest BCUT2D eigenvalue weighted by Crippen LogP contribution is -2.37. The molecule has 0 spiro atoms. The highest BCUT2D eigenvalue weighted by Crippen LogP contribution is 2.29. The molecule has 0 radical (unpaired) electrons. The van der Waals surface area contributed by atoms with Gasteiger partial charge in [0.2, 0.25) is 0 Å². The Morgan fingerprint density at radius 2 is 1.64 bits per heavy atom. The van der Waals surface area contributed by atoms with Gasteiger partial charge < -0.3 is 9.64 Å². The molecule has 2 aromatic carbocycles. The van der Waals surface area contributed by atoms with E-state index in [0.717, 1.165) is 5.56 Å². The van der Waals surface area contributed by atoms with Crippen molar-refractivity contribution in [3.63, 3.8) is 0 Å². The predicted molar refractivity (Wildman–Crippen MR) is 96.1 cm³/mol. The lowest BCUT2D eigenvalue weighted by molar-refractivity contribution is -0.133. The Hall–Kier alpha value is -2.34. The number of amides is 1. The second kappa shape index (κ2) is 7.70. The second-order valence-electron chi connectivity index (χ2n) is 6.04. The molecule has 0 N–H and O–H groups in total. The molecule has 1 amide bonds. The number of para-hydroxylation sites is 1. The van der Waals surface area contributed by atoms with E-state index in [1.165, 1.54) is 0 Å². The van der Waals surface area contributed by atoms with Gasteiger partial charge in [-0.25, -0.2) is 8.42 Å². The average Bonchev–Trinajstić information content (AvgIpc) is 2.79. The smallest absolute Gasteiger partial charge is 0.260 e. The molecule has 1 saturated heterocycles. The number of nitrogens with zero attached hydrogens (tertiary/aromatic N) is 1. The van der Waals surface area contributed by atoms with E-state index in [-0.39, 0.29) is 24.8 Å². The Balaban J connectivity index is 1.65. The molecule has 6 heteroatoms. The minimum absolute atomic E-state index is 0.0242. The van der Waals surface area contributed by atoms with Crippen molar-refractivity contribution in [2.24, 2.45) is 0 Å². The Morgan fingerprint density at radius 3 is 2.32 bits per heavy atom. The number of carbonyl (C=O) groups is 1. The van der Waals surface area contributed by atoms with Gasteiger partial charge in [0.15, 0.2) is 16.4 Å². The molecule has 1 aliphatic rings. The van der Waals surface area contributed by atoms with Gasteiger partial charge in [-0.1, -0.05) is 48.5 Å². The van der Waals surface area contributed by atoms with Gasteiger partial charge in [0.1, 0.15) is 5.75 Å². The molecule has 1 atom stereocenters. The highest BCUT2D eigenvalue weighted by molar-refractivity contribution is 7.91. The van der Waals surface area contributed by atoms with Gasteiger partial charge in [-0.2, -0.15) is 0 Å². The monoisotopic (exact) mass is 359 g/mol. The zero-order chi connectivity index (χ0) is 17.7. The van der Waals surface area contributed by atoms with E-state index >= 15 is 0 Å². The van der Waals surface area contributed by atoms with Crippen molar-refractivity contribution >= 4 is 15.7 Å². The molecule has 5 nitrogen and oxygen atoms in total. The highest BCUT2D eigenvalue weighted by atomic mass is 32.2. The standard InChI is InChI=1S/C19H21NO4S/c21-19(15-24-17-9-5-2-6-10-17)20-12-11-18(25(22,23)14-13-20)16-7-3-1-4-8-16/h1-10,18H,11-15H2. The summed E-state index contributed by atoms with van der Waals surface area (Å²) in [5.74, 6) is 0.414. The molecule has 0 aromatic heterocycles. The maximum atomic E-state index is 12.6. The molecule has 0 saturated carbocycles. The van der Waals surface area contributed by atoms with Crippen LogP contribution in [0.15, 0.2) is 60.7 Å². The summed E-state index contributed by atoms with van der Waals surface area (Å²) in [6.45, 7) is 0.540. The molecule has 3 rings (SSSR count). The minimum Gasteiger partial charge on any atom is -0.484 e. The molecule has 1 aliphatic heterocycles. The molecule has 1 fully saturated rings. The molecule has 1 heterocycles. The van der Waals surface area contributed by atoms with Crippen molar-refractivity contribution < 1.29 is 17.9 Å². The first-order valence-electron chi connectivity index (χ1n) is 8.28. The highest BCUT2D eigenvalue weighted by Gasteiger charge is 2.32. The molecule has 0 aliphatic carbocycles. The summed E-state index contributed by atoms with van der Waals surface area (Å²) in [5, 5.41) is -0.554. The number of ether oxygens (including phenoxy) is 1. The van der Waals surface area contributed by atoms with Gasteiger partial charge in [-0.3, -0.25) is 4.79 Å². The van der Waals surface area contributed by atoms with E-state index in [2.05, 4.69) is 0 Å². The molecule has 2 aromatic rings. The zero-order valence-electron chi connectivity index (χ0n) is 13.9. The fraction of sp³-hybridized carbons (Fsp3) is 0.316. The Labute approximate surface area is 148 Å². The normalized spacial score (nSPS) is 19.8. The van der Waals surface area contributed by atoms with Gasteiger partial charge in [0, 0.05) is 13.1 Å². The van der Waals surface area contributed by atoms with Crippen molar-refractivity contribution in [3.8, 4) is 5.75 Å². The molecule has 132 valence electrons. The maximum absolute atomic E-state index is 12.6. The van der Waals surface area contributed by atoms with E-state index in [1.54, 1.807) is 17.0 Å². The third kappa shape index (κ3) is 4.39. The summed E-state index contributed by atoms with van der Waals surface area (Å²) in [6.07, 6.45) is 0.406. The summed E-state index contributed by atoms with van der Waals surface area (Å²) in [7, 11) is -3.28. The van der Waals surface area contributed by atoms with E-state index in [4.69, 9.17) is 4.74 Å². The van der Waals surface area contributed by atoms with Crippen LogP contribution in [0.1, 0.15) is 17.2 Å². The first-order valence-corrected chi connectivity index (χ1v) is 10.00. The van der Waals surface area contributed by atoms with E-state index < -0.39 is 15.1 Å². The van der Waals surface area contributed by atoms with Crippen LogP contribution in [0.25, 0.3) is 0 Å². The first kappa shape index (κ1) is 17.5. The van der Waals surface area contributed by atoms with Crippen LogP contribution >= 0.6 is 0 Å². The summed E-state index contributed by atoms with van der Waals surface area (Å²) in [6, 6.07) is 18.3. The van der Waals surface area contributed by atoms with Crippen LogP contribution in [0.5, 0.6) is 5.75 Å². The van der Waals surface area contributed by atoms with E-state index in [9.17, 15) is 13.2 Å². The molecular weight excluding hydrogens is 338 g/mol. The fourth-order valence-electron chi connectivity index (χ4n) is 2.99. The molecule has 0 bridgehead atoms. The zero-order valence-corrected chi connectivity index (χ0v) is 14.7. The van der Waals surface area contributed by atoms with Crippen LogP contribution in [-0.2, 0) is 14.6 Å². The summed E-state index contributed by atoms with van der Waals surface area (Å²) in [5.41, 5.74) is 0.789. The Bertz CT molecular complexity index is 806. The summed E-state index contributed by atoms with van der Waals surface area (Å²) in [4.78, 5) is 14.0. The third-order valence-electron chi connectivity index (χ3n) is 4.37. The largest absolute Gasteiger partial charge is 0.484 e. The van der Waals surface area contributed by atoms with Gasteiger partial charge in [0.05, 0.1) is 11.0 Å². The molecule has 1 unspecified atom stereocenters. The number of carbonyl (C=O) groups excluding carboxylic acids is 1.